The number of hydrogen-bond acceptors (Lipinski definition) is 3. The molecule has 0 aromatic heterocycles. The van der Waals surface area contributed by atoms with E-state index in [1.807, 2.05) is 7.05 Å². The topological polar surface area (TPSA) is 44.1 Å². The summed E-state index contributed by atoms with van der Waals surface area (Å²) in [6.45, 7) is 2.74. The van der Waals surface area contributed by atoms with Crippen LogP contribution in [0.1, 0.15) is 48.5 Å². The van der Waals surface area contributed by atoms with Crippen molar-refractivity contribution in [2.45, 2.75) is 38.6 Å². The SMILES string of the molecule is CC1CCCCC1N(C)CC(=O)c1ccc(C#N)cc1. The third kappa shape index (κ3) is 3.46. The number of carbonyl (C=O) groups excluding carboxylic acids is 1. The summed E-state index contributed by atoms with van der Waals surface area (Å²) in [6, 6.07) is 9.50. The van der Waals surface area contributed by atoms with Crippen LogP contribution in [0.25, 0.3) is 0 Å². The van der Waals surface area contributed by atoms with Gasteiger partial charge in [0.05, 0.1) is 18.2 Å². The molecule has 0 heterocycles. The van der Waals surface area contributed by atoms with Gasteiger partial charge in [0.25, 0.3) is 0 Å². The van der Waals surface area contributed by atoms with E-state index in [4.69, 9.17) is 5.26 Å². The molecule has 1 aliphatic rings. The van der Waals surface area contributed by atoms with Crippen LogP contribution >= 0.6 is 0 Å². The van der Waals surface area contributed by atoms with Crippen LogP contribution in [-0.2, 0) is 0 Å². The Labute approximate surface area is 121 Å². The summed E-state index contributed by atoms with van der Waals surface area (Å²) in [5, 5.41) is 8.77. The van der Waals surface area contributed by atoms with Crippen LogP contribution in [-0.4, -0.2) is 30.3 Å². The lowest BCUT2D eigenvalue weighted by atomic mass is 9.85. The molecular formula is C17H22N2O. The molecule has 106 valence electrons. The second-order valence-electron chi connectivity index (χ2n) is 5.86. The van der Waals surface area contributed by atoms with E-state index in [-0.39, 0.29) is 5.78 Å². The van der Waals surface area contributed by atoms with E-state index in [0.717, 1.165) is 0 Å². The Morgan fingerprint density at radius 2 is 1.95 bits per heavy atom. The van der Waals surface area contributed by atoms with E-state index in [0.29, 0.717) is 29.6 Å². The van der Waals surface area contributed by atoms with Gasteiger partial charge in [0.2, 0.25) is 0 Å². The highest BCUT2D eigenvalue weighted by Crippen LogP contribution is 2.27. The predicted octanol–water partition coefficient (Wildman–Crippen LogP) is 3.25. The molecule has 0 bridgehead atoms. The van der Waals surface area contributed by atoms with Gasteiger partial charge in [-0.3, -0.25) is 9.69 Å². The molecule has 3 heteroatoms. The molecule has 0 saturated heterocycles. The molecule has 2 rings (SSSR count). The summed E-state index contributed by atoms with van der Waals surface area (Å²) in [6.07, 6.45) is 5.04. The number of nitriles is 1. The summed E-state index contributed by atoms with van der Waals surface area (Å²) in [7, 11) is 2.05. The first-order valence-electron chi connectivity index (χ1n) is 7.35. The molecule has 0 N–H and O–H groups in total. The number of rotatable bonds is 4. The lowest BCUT2D eigenvalue weighted by molar-refractivity contribution is 0.0851. The Morgan fingerprint density at radius 3 is 2.55 bits per heavy atom. The van der Waals surface area contributed by atoms with Gasteiger partial charge in [-0.25, -0.2) is 0 Å². The van der Waals surface area contributed by atoms with Crippen molar-refractivity contribution in [2.24, 2.45) is 5.92 Å². The first kappa shape index (κ1) is 14.7. The minimum absolute atomic E-state index is 0.134. The molecule has 0 radical (unpaired) electrons. The molecule has 0 aliphatic heterocycles. The van der Waals surface area contributed by atoms with Crippen molar-refractivity contribution in [1.29, 1.82) is 5.26 Å². The van der Waals surface area contributed by atoms with E-state index in [2.05, 4.69) is 17.9 Å². The van der Waals surface area contributed by atoms with E-state index in [9.17, 15) is 4.79 Å². The molecular weight excluding hydrogens is 248 g/mol. The van der Waals surface area contributed by atoms with Crippen LogP contribution in [0.5, 0.6) is 0 Å². The van der Waals surface area contributed by atoms with Crippen LogP contribution in [0.15, 0.2) is 24.3 Å². The Bertz CT molecular complexity index is 501. The third-order valence-corrected chi connectivity index (χ3v) is 4.36. The molecule has 1 aromatic carbocycles. The zero-order chi connectivity index (χ0) is 14.5. The van der Waals surface area contributed by atoms with E-state index in [1.54, 1.807) is 24.3 Å². The maximum Gasteiger partial charge on any atom is 0.176 e. The minimum Gasteiger partial charge on any atom is -0.296 e. The highest BCUT2D eigenvalue weighted by atomic mass is 16.1. The third-order valence-electron chi connectivity index (χ3n) is 4.36. The second-order valence-corrected chi connectivity index (χ2v) is 5.86. The quantitative estimate of drug-likeness (QED) is 0.789. The van der Waals surface area contributed by atoms with E-state index in [1.165, 1.54) is 25.7 Å². The number of likely N-dealkylation sites (N-methyl/N-ethyl adjacent to an activating group) is 1. The van der Waals surface area contributed by atoms with Crippen molar-refractivity contribution < 1.29 is 4.79 Å². The van der Waals surface area contributed by atoms with Crippen LogP contribution in [0.3, 0.4) is 0 Å². The zero-order valence-corrected chi connectivity index (χ0v) is 12.3. The molecule has 1 saturated carbocycles. The fourth-order valence-corrected chi connectivity index (χ4v) is 3.12. The van der Waals surface area contributed by atoms with Crippen molar-refractivity contribution >= 4 is 5.78 Å². The van der Waals surface area contributed by atoms with Crippen LogP contribution in [0.4, 0.5) is 0 Å². The summed E-state index contributed by atoms with van der Waals surface area (Å²) in [4.78, 5) is 14.5. The monoisotopic (exact) mass is 270 g/mol. The van der Waals surface area contributed by atoms with Crippen molar-refractivity contribution in [1.82, 2.24) is 4.90 Å². The Kier molecular flexibility index (Phi) is 4.92. The molecule has 2 unspecified atom stereocenters. The number of Topliss-reactive ketones (excluding diaryl/α,β-unsaturated/α-hetero) is 1. The fourth-order valence-electron chi connectivity index (χ4n) is 3.12. The van der Waals surface area contributed by atoms with Crippen molar-refractivity contribution in [3.63, 3.8) is 0 Å². The van der Waals surface area contributed by atoms with E-state index >= 15 is 0 Å². The number of benzene rings is 1. The van der Waals surface area contributed by atoms with Gasteiger partial charge in [-0.2, -0.15) is 5.26 Å². The molecule has 1 fully saturated rings. The maximum absolute atomic E-state index is 12.3. The van der Waals surface area contributed by atoms with Gasteiger partial charge in [0.1, 0.15) is 0 Å². The molecule has 2 atom stereocenters. The summed E-state index contributed by atoms with van der Waals surface area (Å²) in [5.41, 5.74) is 1.29. The molecule has 0 spiro atoms. The van der Waals surface area contributed by atoms with Gasteiger partial charge in [0.15, 0.2) is 5.78 Å². The highest BCUT2D eigenvalue weighted by Gasteiger charge is 2.26. The van der Waals surface area contributed by atoms with Crippen LogP contribution < -0.4 is 0 Å². The second kappa shape index (κ2) is 6.67. The molecule has 0 amide bonds. The molecule has 1 aromatic rings. The Hall–Kier alpha value is -1.66. The maximum atomic E-state index is 12.3. The largest absolute Gasteiger partial charge is 0.296 e. The van der Waals surface area contributed by atoms with Gasteiger partial charge in [0, 0.05) is 11.6 Å². The van der Waals surface area contributed by atoms with Gasteiger partial charge < -0.3 is 0 Å². The highest BCUT2D eigenvalue weighted by molar-refractivity contribution is 5.97. The average molecular weight is 270 g/mol. The lowest BCUT2D eigenvalue weighted by Gasteiger charge is -2.35. The first-order chi connectivity index (χ1) is 9.61. The van der Waals surface area contributed by atoms with Gasteiger partial charge >= 0.3 is 0 Å². The smallest absolute Gasteiger partial charge is 0.176 e. The van der Waals surface area contributed by atoms with E-state index < -0.39 is 0 Å². The molecule has 1 aliphatic carbocycles. The minimum atomic E-state index is 0.134. The average Bonchev–Trinajstić information content (AvgIpc) is 2.47. The fraction of sp³-hybridized carbons (Fsp3) is 0.529. The number of nitrogens with zero attached hydrogens (tertiary/aromatic N) is 2. The lowest BCUT2D eigenvalue weighted by Crippen LogP contribution is -2.41. The first-order valence-corrected chi connectivity index (χ1v) is 7.35. The standard InChI is InChI=1S/C17H22N2O/c1-13-5-3-4-6-16(13)19(2)12-17(20)15-9-7-14(11-18)8-10-15/h7-10,13,16H,3-6,12H2,1-2H3. The van der Waals surface area contributed by atoms with Gasteiger partial charge in [-0.15, -0.1) is 0 Å². The summed E-state index contributed by atoms with van der Waals surface area (Å²) in [5.74, 6) is 0.803. The zero-order valence-electron chi connectivity index (χ0n) is 12.3. The number of hydrogen-bond donors (Lipinski definition) is 0. The molecule has 20 heavy (non-hydrogen) atoms. The normalized spacial score (nSPS) is 22.5. The number of ketones is 1. The Morgan fingerprint density at radius 1 is 1.30 bits per heavy atom. The summed E-state index contributed by atoms with van der Waals surface area (Å²) >= 11 is 0. The van der Waals surface area contributed by atoms with Gasteiger partial charge in [-0.05, 0) is 37.9 Å². The van der Waals surface area contributed by atoms with Crippen LogP contribution in [0.2, 0.25) is 0 Å². The van der Waals surface area contributed by atoms with Gasteiger partial charge in [-0.1, -0.05) is 31.9 Å². The Balaban J connectivity index is 1.97. The van der Waals surface area contributed by atoms with Crippen molar-refractivity contribution in [3.05, 3.63) is 35.4 Å². The predicted molar refractivity (Wildman–Crippen MR) is 79.5 cm³/mol. The van der Waals surface area contributed by atoms with Crippen molar-refractivity contribution in [3.8, 4) is 6.07 Å². The van der Waals surface area contributed by atoms with Crippen molar-refractivity contribution in [2.75, 3.05) is 13.6 Å². The number of carbonyl (C=O) groups is 1. The molecule has 3 nitrogen and oxygen atoms in total. The summed E-state index contributed by atoms with van der Waals surface area (Å²) < 4.78 is 0. The van der Waals surface area contributed by atoms with Crippen LogP contribution in [0, 0.1) is 17.2 Å².